The van der Waals surface area contributed by atoms with Gasteiger partial charge in [-0.1, -0.05) is 12.1 Å². The average Bonchev–Trinajstić information content (AvgIpc) is 2.77. The summed E-state index contributed by atoms with van der Waals surface area (Å²) in [4.78, 5) is 16.7. The lowest BCUT2D eigenvalue weighted by molar-refractivity contribution is 0.0696. The van der Waals surface area contributed by atoms with Crippen LogP contribution in [-0.2, 0) is 13.1 Å². The molecule has 0 atom stereocenters. The van der Waals surface area contributed by atoms with Crippen LogP contribution in [0.1, 0.15) is 21.1 Å². The standard InChI is InChI=1S/C13H13FN2O2S/c1-16(6-9-3-2-4-10(14)5-9)7-11-8-19-12(15-11)13(17)18/h2-5,8H,6-7H2,1H3,(H,17,18). The van der Waals surface area contributed by atoms with E-state index in [1.807, 2.05) is 18.0 Å². The molecule has 1 aromatic carbocycles. The van der Waals surface area contributed by atoms with E-state index in [4.69, 9.17) is 5.11 Å². The van der Waals surface area contributed by atoms with E-state index < -0.39 is 5.97 Å². The van der Waals surface area contributed by atoms with Crippen LogP contribution in [-0.4, -0.2) is 28.0 Å². The van der Waals surface area contributed by atoms with Gasteiger partial charge in [0.15, 0.2) is 0 Å². The smallest absolute Gasteiger partial charge is 0.365 e. The minimum Gasteiger partial charge on any atom is -0.476 e. The summed E-state index contributed by atoms with van der Waals surface area (Å²) in [5, 5.41) is 10.6. The van der Waals surface area contributed by atoms with E-state index >= 15 is 0 Å². The number of hydrogen-bond donors (Lipinski definition) is 1. The van der Waals surface area contributed by atoms with Crippen molar-refractivity contribution in [1.82, 2.24) is 9.88 Å². The molecule has 1 heterocycles. The van der Waals surface area contributed by atoms with Crippen molar-refractivity contribution in [3.05, 3.63) is 51.7 Å². The Morgan fingerprint density at radius 1 is 1.47 bits per heavy atom. The van der Waals surface area contributed by atoms with Gasteiger partial charge in [0.25, 0.3) is 0 Å². The number of carboxylic acid groups (broad SMARTS) is 1. The fourth-order valence-corrected chi connectivity index (χ4v) is 2.40. The van der Waals surface area contributed by atoms with Gasteiger partial charge in [-0.2, -0.15) is 0 Å². The number of thiazole rings is 1. The zero-order valence-corrected chi connectivity index (χ0v) is 11.2. The molecule has 0 bridgehead atoms. The molecule has 0 aliphatic heterocycles. The summed E-state index contributed by atoms with van der Waals surface area (Å²) in [6, 6.07) is 6.41. The van der Waals surface area contributed by atoms with Crippen LogP contribution < -0.4 is 0 Å². The van der Waals surface area contributed by atoms with Gasteiger partial charge in [-0.15, -0.1) is 11.3 Å². The van der Waals surface area contributed by atoms with Crippen molar-refractivity contribution in [1.29, 1.82) is 0 Å². The van der Waals surface area contributed by atoms with Gasteiger partial charge >= 0.3 is 5.97 Å². The van der Waals surface area contributed by atoms with Crippen molar-refractivity contribution in [2.75, 3.05) is 7.05 Å². The Balaban J connectivity index is 1.97. The van der Waals surface area contributed by atoms with Gasteiger partial charge in [-0.3, -0.25) is 4.90 Å². The number of carbonyl (C=O) groups is 1. The fourth-order valence-electron chi connectivity index (χ4n) is 1.76. The summed E-state index contributed by atoms with van der Waals surface area (Å²) in [5.74, 6) is -1.27. The monoisotopic (exact) mass is 280 g/mol. The largest absolute Gasteiger partial charge is 0.476 e. The Morgan fingerprint density at radius 3 is 2.89 bits per heavy atom. The molecular weight excluding hydrogens is 267 g/mol. The van der Waals surface area contributed by atoms with Gasteiger partial charge in [0.1, 0.15) is 5.82 Å². The lowest BCUT2D eigenvalue weighted by Gasteiger charge is -2.15. The third kappa shape index (κ3) is 3.84. The molecule has 0 unspecified atom stereocenters. The predicted molar refractivity (Wildman–Crippen MR) is 70.6 cm³/mol. The van der Waals surface area contributed by atoms with E-state index in [1.54, 1.807) is 11.4 Å². The highest BCUT2D eigenvalue weighted by Crippen LogP contribution is 2.13. The Labute approximate surface area is 114 Å². The summed E-state index contributed by atoms with van der Waals surface area (Å²) < 4.78 is 13.0. The maximum atomic E-state index is 13.0. The molecule has 1 aromatic heterocycles. The highest BCUT2D eigenvalue weighted by atomic mass is 32.1. The van der Waals surface area contributed by atoms with Crippen LogP contribution in [0.2, 0.25) is 0 Å². The number of benzene rings is 1. The van der Waals surface area contributed by atoms with Gasteiger partial charge in [0, 0.05) is 18.5 Å². The van der Waals surface area contributed by atoms with Crippen molar-refractivity contribution in [2.24, 2.45) is 0 Å². The third-order valence-corrected chi connectivity index (χ3v) is 3.39. The molecule has 0 fully saturated rings. The zero-order valence-electron chi connectivity index (χ0n) is 10.3. The first-order valence-electron chi connectivity index (χ1n) is 5.65. The van der Waals surface area contributed by atoms with E-state index in [9.17, 15) is 9.18 Å². The van der Waals surface area contributed by atoms with E-state index in [0.29, 0.717) is 18.8 Å². The van der Waals surface area contributed by atoms with Crippen LogP contribution in [0.4, 0.5) is 4.39 Å². The Kier molecular flexibility index (Phi) is 4.24. The Hall–Kier alpha value is -1.79. The number of nitrogens with zero attached hydrogens (tertiary/aromatic N) is 2. The second-order valence-corrected chi connectivity index (χ2v) is 5.11. The first kappa shape index (κ1) is 13.6. The summed E-state index contributed by atoms with van der Waals surface area (Å²) >= 11 is 1.11. The van der Waals surface area contributed by atoms with Crippen molar-refractivity contribution in [3.8, 4) is 0 Å². The number of aromatic nitrogens is 1. The molecule has 4 nitrogen and oxygen atoms in total. The van der Waals surface area contributed by atoms with Gasteiger partial charge in [0.05, 0.1) is 5.69 Å². The fraction of sp³-hybridized carbons (Fsp3) is 0.231. The molecule has 0 radical (unpaired) electrons. The second-order valence-electron chi connectivity index (χ2n) is 4.25. The van der Waals surface area contributed by atoms with Crippen LogP contribution >= 0.6 is 11.3 Å². The van der Waals surface area contributed by atoms with Crippen molar-refractivity contribution >= 4 is 17.3 Å². The topological polar surface area (TPSA) is 53.4 Å². The Morgan fingerprint density at radius 2 is 2.26 bits per heavy atom. The van der Waals surface area contributed by atoms with E-state index in [2.05, 4.69) is 4.98 Å². The predicted octanol–water partition coefficient (Wildman–Crippen LogP) is 2.61. The van der Waals surface area contributed by atoms with Crippen molar-refractivity contribution in [2.45, 2.75) is 13.1 Å². The maximum Gasteiger partial charge on any atom is 0.365 e. The summed E-state index contributed by atoms with van der Waals surface area (Å²) in [5.41, 5.74) is 1.58. The van der Waals surface area contributed by atoms with Gasteiger partial charge in [-0.25, -0.2) is 14.2 Å². The van der Waals surface area contributed by atoms with E-state index in [0.717, 1.165) is 16.9 Å². The van der Waals surface area contributed by atoms with Gasteiger partial charge < -0.3 is 5.11 Å². The highest BCUT2D eigenvalue weighted by molar-refractivity contribution is 7.11. The number of halogens is 1. The molecule has 2 aromatic rings. The van der Waals surface area contributed by atoms with Crippen molar-refractivity contribution in [3.63, 3.8) is 0 Å². The third-order valence-electron chi connectivity index (χ3n) is 2.51. The van der Waals surface area contributed by atoms with E-state index in [-0.39, 0.29) is 10.8 Å². The SMILES string of the molecule is CN(Cc1cccc(F)c1)Cc1csc(C(=O)O)n1. The molecule has 6 heteroatoms. The highest BCUT2D eigenvalue weighted by Gasteiger charge is 2.10. The minimum atomic E-state index is -1.01. The molecule has 0 saturated carbocycles. The first-order chi connectivity index (χ1) is 9.04. The number of carboxylic acids is 1. The quantitative estimate of drug-likeness (QED) is 0.914. The Bertz CT molecular complexity index is 586. The first-order valence-corrected chi connectivity index (χ1v) is 6.53. The minimum absolute atomic E-state index is 0.0918. The van der Waals surface area contributed by atoms with Gasteiger partial charge in [0.2, 0.25) is 5.01 Å². The van der Waals surface area contributed by atoms with Crippen LogP contribution in [0.3, 0.4) is 0 Å². The molecule has 0 aliphatic rings. The number of aromatic carboxylic acids is 1. The molecule has 0 spiro atoms. The van der Waals surface area contributed by atoms with Crippen molar-refractivity contribution < 1.29 is 14.3 Å². The average molecular weight is 280 g/mol. The van der Waals surface area contributed by atoms with Crippen LogP contribution in [0.5, 0.6) is 0 Å². The molecule has 19 heavy (non-hydrogen) atoms. The maximum absolute atomic E-state index is 13.0. The lowest BCUT2D eigenvalue weighted by Crippen LogP contribution is -2.17. The molecule has 2 rings (SSSR count). The van der Waals surface area contributed by atoms with Gasteiger partial charge in [-0.05, 0) is 24.7 Å². The zero-order chi connectivity index (χ0) is 13.8. The second kappa shape index (κ2) is 5.90. The normalized spacial score (nSPS) is 10.9. The molecule has 1 N–H and O–H groups in total. The summed E-state index contributed by atoms with van der Waals surface area (Å²) in [6.07, 6.45) is 0. The molecular formula is C13H13FN2O2S. The lowest BCUT2D eigenvalue weighted by atomic mass is 10.2. The summed E-state index contributed by atoms with van der Waals surface area (Å²) in [7, 11) is 1.88. The van der Waals surface area contributed by atoms with Crippen LogP contribution in [0, 0.1) is 5.82 Å². The molecule has 100 valence electrons. The molecule has 0 saturated heterocycles. The van der Waals surface area contributed by atoms with Crippen LogP contribution in [0.15, 0.2) is 29.6 Å². The number of rotatable bonds is 5. The summed E-state index contributed by atoms with van der Waals surface area (Å²) in [6.45, 7) is 1.11. The number of hydrogen-bond acceptors (Lipinski definition) is 4. The van der Waals surface area contributed by atoms with E-state index in [1.165, 1.54) is 12.1 Å². The van der Waals surface area contributed by atoms with Crippen LogP contribution in [0.25, 0.3) is 0 Å². The molecule has 0 amide bonds. The molecule has 0 aliphatic carbocycles.